The zero-order valence-corrected chi connectivity index (χ0v) is 31.8. The number of amides is 2. The van der Waals surface area contributed by atoms with Gasteiger partial charge in [0.25, 0.3) is 11.8 Å². The van der Waals surface area contributed by atoms with Crippen LogP contribution in [0.25, 0.3) is 0 Å². The van der Waals surface area contributed by atoms with Crippen molar-refractivity contribution in [2.24, 2.45) is 0 Å². The van der Waals surface area contributed by atoms with Crippen LogP contribution in [0, 0.1) is 11.6 Å². The first kappa shape index (κ1) is 40.2. The number of anilines is 4. The number of ether oxygens (including phenoxy) is 5. The molecule has 0 aliphatic rings. The fourth-order valence-electron chi connectivity index (χ4n) is 5.34. The minimum Gasteiger partial charge on any atom is -0.494 e. The Balaban J connectivity index is 0.973. The van der Waals surface area contributed by atoms with Crippen LogP contribution in [0.1, 0.15) is 38.8 Å². The van der Waals surface area contributed by atoms with Gasteiger partial charge in [-0.3, -0.25) is 14.3 Å². The Bertz CT molecular complexity index is 2340. The maximum Gasteiger partial charge on any atom is 0.254 e. The fourth-order valence-corrected chi connectivity index (χ4v) is 5.34. The molecule has 3 heterocycles. The minimum atomic E-state index is -0.655. The number of carbonyl (C=O) groups excluding carboxylic acids is 2. The van der Waals surface area contributed by atoms with Crippen LogP contribution >= 0.6 is 0 Å². The van der Waals surface area contributed by atoms with E-state index in [1.54, 1.807) is 47.3 Å². The molecule has 0 spiro atoms. The van der Waals surface area contributed by atoms with E-state index in [4.69, 9.17) is 23.7 Å². The van der Waals surface area contributed by atoms with Crippen molar-refractivity contribution in [2.45, 2.75) is 26.7 Å². The number of nitrogens with one attached hydrogen (secondary N) is 4. The molecular weight excluding hydrogens is 756 g/mol. The molecule has 3 aromatic heterocycles. The van der Waals surface area contributed by atoms with Crippen LogP contribution in [0.2, 0.25) is 0 Å². The van der Waals surface area contributed by atoms with E-state index in [0.717, 1.165) is 12.2 Å². The second-order valence-electron chi connectivity index (χ2n) is 12.2. The van der Waals surface area contributed by atoms with Gasteiger partial charge in [0.05, 0.1) is 44.7 Å². The normalized spacial score (nSPS) is 10.7. The summed E-state index contributed by atoms with van der Waals surface area (Å²) in [4.78, 5) is 37.9. The topological polar surface area (TPSA) is 185 Å². The first-order valence-electron chi connectivity index (χ1n) is 17.7. The molecule has 18 heteroatoms. The SMILES string of the molecule is CCn1cc(Nc2ccc(OCc3cc(C(=O)NCOc4ccc(Nc5ncc(OCc6cc(C(=O)NC)cc(OC)c6F)cn5)cc4)cc(OC)c3F)cn2)cn1. The van der Waals surface area contributed by atoms with E-state index in [0.29, 0.717) is 23.0 Å². The lowest BCUT2D eigenvalue weighted by Gasteiger charge is -2.13. The standard InChI is InChI=1S/C40H39F2N9O7/c1-5-51-20-29(16-48-51)49-35-11-10-31(17-44-35)56-21-27-13-25(15-34(55-4)37(27)42)39(53)47-23-58-30-8-6-28(7-9-30)50-40-45-18-32(19-46-40)57-22-26-12-24(38(52)43-2)14-33(54-3)36(26)41/h6-20H,5,21-23H2,1-4H3,(H,43,52)(H,44,49)(H,47,53)(H,45,46,50). The molecule has 58 heavy (non-hydrogen) atoms. The number of aromatic nitrogens is 5. The number of nitrogens with zero attached hydrogens (tertiary/aromatic N) is 5. The predicted molar refractivity (Wildman–Crippen MR) is 208 cm³/mol. The van der Waals surface area contributed by atoms with Crippen molar-refractivity contribution < 1.29 is 42.1 Å². The lowest BCUT2D eigenvalue weighted by Crippen LogP contribution is -2.28. The molecule has 0 radical (unpaired) electrons. The molecule has 0 bridgehead atoms. The van der Waals surface area contributed by atoms with Crippen LogP contribution in [0.3, 0.4) is 0 Å². The van der Waals surface area contributed by atoms with E-state index in [2.05, 4.69) is 41.3 Å². The van der Waals surface area contributed by atoms with Gasteiger partial charge in [-0.2, -0.15) is 5.10 Å². The van der Waals surface area contributed by atoms with Crippen LogP contribution in [-0.4, -0.2) is 64.5 Å². The molecule has 6 rings (SSSR count). The summed E-state index contributed by atoms with van der Waals surface area (Å²) in [5, 5.41) is 15.6. The fraction of sp³-hybridized carbons (Fsp3) is 0.200. The van der Waals surface area contributed by atoms with Gasteiger partial charge in [0, 0.05) is 47.7 Å². The van der Waals surface area contributed by atoms with Crippen molar-refractivity contribution in [3.63, 3.8) is 0 Å². The third-order valence-corrected chi connectivity index (χ3v) is 8.39. The number of halogens is 2. The highest BCUT2D eigenvalue weighted by atomic mass is 19.1. The first-order chi connectivity index (χ1) is 28.2. The van der Waals surface area contributed by atoms with Gasteiger partial charge in [-0.1, -0.05) is 0 Å². The summed E-state index contributed by atoms with van der Waals surface area (Å²) in [7, 11) is 4.09. The van der Waals surface area contributed by atoms with Crippen LogP contribution in [0.4, 0.5) is 31.9 Å². The molecule has 2 amide bonds. The summed E-state index contributed by atoms with van der Waals surface area (Å²) in [6, 6.07) is 15.6. The Hall–Kier alpha value is -7.50. The van der Waals surface area contributed by atoms with Crippen LogP contribution in [0.5, 0.6) is 28.7 Å². The molecule has 0 saturated heterocycles. The van der Waals surface area contributed by atoms with E-state index in [9.17, 15) is 14.0 Å². The molecule has 300 valence electrons. The molecule has 0 atom stereocenters. The van der Waals surface area contributed by atoms with E-state index < -0.39 is 23.4 Å². The van der Waals surface area contributed by atoms with E-state index >= 15 is 4.39 Å². The minimum absolute atomic E-state index is 0.0811. The number of carbonyl (C=O) groups is 2. The van der Waals surface area contributed by atoms with Gasteiger partial charge in [-0.25, -0.2) is 23.7 Å². The van der Waals surface area contributed by atoms with Crippen molar-refractivity contribution in [3.05, 3.63) is 126 Å². The molecule has 3 aromatic carbocycles. The zero-order chi connectivity index (χ0) is 41.0. The number of aryl methyl sites for hydroxylation is 1. The highest BCUT2D eigenvalue weighted by molar-refractivity contribution is 5.95. The summed E-state index contributed by atoms with van der Waals surface area (Å²) >= 11 is 0. The van der Waals surface area contributed by atoms with Crippen molar-refractivity contribution in [2.75, 3.05) is 38.6 Å². The van der Waals surface area contributed by atoms with Gasteiger partial charge in [0.2, 0.25) is 5.95 Å². The van der Waals surface area contributed by atoms with Gasteiger partial charge in [0.15, 0.2) is 35.6 Å². The molecule has 16 nitrogen and oxygen atoms in total. The average molecular weight is 796 g/mol. The number of hydrogen-bond acceptors (Lipinski definition) is 13. The predicted octanol–water partition coefficient (Wildman–Crippen LogP) is 6.15. The van der Waals surface area contributed by atoms with Crippen molar-refractivity contribution in [3.8, 4) is 28.7 Å². The van der Waals surface area contributed by atoms with Gasteiger partial charge >= 0.3 is 0 Å². The highest BCUT2D eigenvalue weighted by Crippen LogP contribution is 2.27. The molecule has 0 fully saturated rings. The largest absolute Gasteiger partial charge is 0.494 e. The third kappa shape index (κ3) is 10.2. The molecule has 0 aliphatic carbocycles. The lowest BCUT2D eigenvalue weighted by molar-refractivity contribution is 0.0916. The number of hydrogen-bond donors (Lipinski definition) is 4. The molecule has 6 aromatic rings. The first-order valence-corrected chi connectivity index (χ1v) is 17.7. The number of rotatable bonds is 18. The highest BCUT2D eigenvalue weighted by Gasteiger charge is 2.18. The monoisotopic (exact) mass is 795 g/mol. The summed E-state index contributed by atoms with van der Waals surface area (Å²) in [6.07, 6.45) is 7.89. The van der Waals surface area contributed by atoms with Crippen LogP contribution in [0.15, 0.2) is 91.6 Å². The van der Waals surface area contributed by atoms with E-state index in [1.807, 2.05) is 13.1 Å². The van der Waals surface area contributed by atoms with Gasteiger partial charge in [0.1, 0.15) is 30.5 Å². The second kappa shape index (κ2) is 18.9. The van der Waals surface area contributed by atoms with Gasteiger partial charge < -0.3 is 45.0 Å². The molecule has 4 N–H and O–H groups in total. The Morgan fingerprint density at radius 2 is 1.29 bits per heavy atom. The zero-order valence-electron chi connectivity index (χ0n) is 31.8. The number of methoxy groups -OCH3 is 2. The smallest absolute Gasteiger partial charge is 0.254 e. The van der Waals surface area contributed by atoms with E-state index in [1.165, 1.54) is 64.1 Å². The van der Waals surface area contributed by atoms with Crippen molar-refractivity contribution in [1.82, 2.24) is 35.4 Å². The maximum absolute atomic E-state index is 15.1. The maximum atomic E-state index is 15.1. The van der Waals surface area contributed by atoms with Crippen LogP contribution in [-0.2, 0) is 19.8 Å². The molecule has 0 aliphatic heterocycles. The number of benzene rings is 3. The van der Waals surface area contributed by atoms with E-state index in [-0.39, 0.29) is 65.4 Å². The molecule has 0 saturated carbocycles. The Kier molecular flexibility index (Phi) is 13.1. The average Bonchev–Trinajstić information content (AvgIpc) is 3.71. The lowest BCUT2D eigenvalue weighted by atomic mass is 10.1. The summed E-state index contributed by atoms with van der Waals surface area (Å²) in [5.74, 6) is -0.442. The van der Waals surface area contributed by atoms with Gasteiger partial charge in [-0.05, 0) is 67.6 Å². The summed E-state index contributed by atoms with van der Waals surface area (Å²) < 4.78 is 59.1. The third-order valence-electron chi connectivity index (χ3n) is 8.39. The molecular formula is C40H39F2N9O7. The van der Waals surface area contributed by atoms with Crippen molar-refractivity contribution >= 4 is 35.0 Å². The quantitative estimate of drug-likeness (QED) is 0.0727. The summed E-state index contributed by atoms with van der Waals surface area (Å²) in [5.41, 5.74) is 2.02. The molecule has 0 unspecified atom stereocenters. The Morgan fingerprint density at radius 1 is 0.690 bits per heavy atom. The van der Waals surface area contributed by atoms with Crippen molar-refractivity contribution in [1.29, 1.82) is 0 Å². The Morgan fingerprint density at radius 3 is 1.86 bits per heavy atom. The second-order valence-corrected chi connectivity index (χ2v) is 12.2. The Labute approximate surface area is 331 Å². The van der Waals surface area contributed by atoms with Crippen LogP contribution < -0.4 is 45.0 Å². The van der Waals surface area contributed by atoms with Gasteiger partial charge in [-0.15, -0.1) is 0 Å². The number of pyridine rings is 1. The summed E-state index contributed by atoms with van der Waals surface area (Å²) in [6.45, 7) is 2.17.